The molecule has 0 bridgehead atoms. The normalized spacial score (nSPS) is 10.4. The van der Waals surface area contributed by atoms with Gasteiger partial charge in [0, 0.05) is 10.5 Å². The molecule has 0 spiro atoms. The van der Waals surface area contributed by atoms with Gasteiger partial charge in [-0.1, -0.05) is 24.3 Å². The molecule has 0 aliphatic carbocycles. The van der Waals surface area contributed by atoms with Gasteiger partial charge < -0.3 is 15.2 Å². The molecule has 8 heteroatoms. The maximum atomic E-state index is 12.5. The summed E-state index contributed by atoms with van der Waals surface area (Å²) in [5.74, 6) is -0.756. The van der Waals surface area contributed by atoms with Crippen molar-refractivity contribution in [1.29, 1.82) is 0 Å². The molecule has 0 unspecified atom stereocenters. The van der Waals surface area contributed by atoms with Crippen molar-refractivity contribution < 1.29 is 14.6 Å². The smallest absolute Gasteiger partial charge is 0.280 e. The standard InChI is InChI=1S/C18H14BrN3O4/c1-26-15-9-5-4-8-13(15)22-16(24)10-14(23)17(21-22)18(25)20-12-7-3-2-6-11(12)19/h2-10,23H,1H3,(H,20,25). The van der Waals surface area contributed by atoms with E-state index in [4.69, 9.17) is 4.74 Å². The summed E-state index contributed by atoms with van der Waals surface area (Å²) in [6, 6.07) is 14.7. The van der Waals surface area contributed by atoms with Gasteiger partial charge in [-0.15, -0.1) is 0 Å². The van der Waals surface area contributed by atoms with E-state index in [9.17, 15) is 14.7 Å². The second-order valence-corrected chi connectivity index (χ2v) is 6.09. The molecular weight excluding hydrogens is 402 g/mol. The number of benzene rings is 2. The number of anilines is 1. The second-order valence-electron chi connectivity index (χ2n) is 5.23. The second kappa shape index (κ2) is 7.40. The first-order valence-corrected chi connectivity index (χ1v) is 8.33. The molecule has 0 saturated heterocycles. The van der Waals surface area contributed by atoms with Gasteiger partial charge in [0.25, 0.3) is 11.5 Å². The van der Waals surface area contributed by atoms with Crippen LogP contribution < -0.4 is 15.6 Å². The Labute approximate surface area is 157 Å². The van der Waals surface area contributed by atoms with Gasteiger partial charge in [0.1, 0.15) is 11.4 Å². The van der Waals surface area contributed by atoms with Crippen LogP contribution in [0.1, 0.15) is 10.5 Å². The van der Waals surface area contributed by atoms with Crippen molar-refractivity contribution in [2.24, 2.45) is 0 Å². The van der Waals surface area contributed by atoms with E-state index in [0.29, 0.717) is 21.6 Å². The molecule has 1 heterocycles. The Morgan fingerprint density at radius 1 is 1.19 bits per heavy atom. The number of nitrogens with one attached hydrogen (secondary N) is 1. The maximum Gasteiger partial charge on any atom is 0.280 e. The Balaban J connectivity index is 2.05. The van der Waals surface area contributed by atoms with E-state index in [0.717, 1.165) is 10.7 Å². The minimum absolute atomic E-state index is 0.286. The SMILES string of the molecule is COc1ccccc1-n1nc(C(=O)Nc2ccccc2Br)c(O)cc1=O. The van der Waals surface area contributed by atoms with E-state index in [1.807, 2.05) is 0 Å². The van der Waals surface area contributed by atoms with Crippen LogP contribution in [0.15, 0.2) is 63.9 Å². The third-order valence-electron chi connectivity index (χ3n) is 3.56. The van der Waals surface area contributed by atoms with Crippen molar-refractivity contribution in [3.05, 3.63) is 75.1 Å². The Kier molecular flexibility index (Phi) is 5.04. The topological polar surface area (TPSA) is 93.5 Å². The van der Waals surface area contributed by atoms with Gasteiger partial charge >= 0.3 is 0 Å². The van der Waals surface area contributed by atoms with Crippen LogP contribution in [0.25, 0.3) is 5.69 Å². The summed E-state index contributed by atoms with van der Waals surface area (Å²) in [5.41, 5.74) is -0.0145. The van der Waals surface area contributed by atoms with Crippen molar-refractivity contribution in [3.8, 4) is 17.2 Å². The zero-order valence-electron chi connectivity index (χ0n) is 13.6. The molecule has 7 nitrogen and oxygen atoms in total. The first-order chi connectivity index (χ1) is 12.5. The van der Waals surface area contributed by atoms with Crippen molar-refractivity contribution in [2.45, 2.75) is 0 Å². The van der Waals surface area contributed by atoms with Crippen LogP contribution >= 0.6 is 15.9 Å². The Morgan fingerprint density at radius 3 is 2.62 bits per heavy atom. The first kappa shape index (κ1) is 17.7. The third kappa shape index (κ3) is 3.45. The number of halogens is 1. The number of methoxy groups -OCH3 is 1. The van der Waals surface area contributed by atoms with Crippen LogP contribution in [0.2, 0.25) is 0 Å². The molecule has 0 radical (unpaired) electrons. The fraction of sp³-hybridized carbons (Fsp3) is 0.0556. The monoisotopic (exact) mass is 415 g/mol. The fourth-order valence-corrected chi connectivity index (χ4v) is 2.71. The Hall–Kier alpha value is -3.13. The van der Waals surface area contributed by atoms with Gasteiger partial charge in [-0.05, 0) is 40.2 Å². The van der Waals surface area contributed by atoms with Crippen LogP contribution in [0.5, 0.6) is 11.5 Å². The van der Waals surface area contributed by atoms with Gasteiger partial charge in [-0.2, -0.15) is 9.78 Å². The third-order valence-corrected chi connectivity index (χ3v) is 4.25. The highest BCUT2D eigenvalue weighted by atomic mass is 79.9. The number of para-hydroxylation sites is 3. The number of nitrogens with zero attached hydrogens (tertiary/aromatic N) is 2. The van der Waals surface area contributed by atoms with Crippen LogP contribution in [0.3, 0.4) is 0 Å². The summed E-state index contributed by atoms with van der Waals surface area (Å²) >= 11 is 3.33. The number of hydrogen-bond acceptors (Lipinski definition) is 5. The van der Waals surface area contributed by atoms with Crippen molar-refractivity contribution >= 4 is 27.5 Å². The molecule has 1 aromatic heterocycles. The largest absolute Gasteiger partial charge is 0.505 e. The van der Waals surface area contributed by atoms with Crippen molar-refractivity contribution in [1.82, 2.24) is 9.78 Å². The predicted molar refractivity (Wildman–Crippen MR) is 100 cm³/mol. The molecule has 0 aliphatic heterocycles. The van der Waals surface area contributed by atoms with E-state index in [1.54, 1.807) is 48.5 Å². The number of ether oxygens (including phenoxy) is 1. The Morgan fingerprint density at radius 2 is 1.88 bits per heavy atom. The molecule has 0 atom stereocenters. The van der Waals surface area contributed by atoms with E-state index >= 15 is 0 Å². The van der Waals surface area contributed by atoms with Crippen molar-refractivity contribution in [2.75, 3.05) is 12.4 Å². The van der Waals surface area contributed by atoms with E-state index in [-0.39, 0.29) is 5.69 Å². The molecule has 0 fully saturated rings. The summed E-state index contributed by atoms with van der Waals surface area (Å²) in [6.45, 7) is 0. The van der Waals surface area contributed by atoms with E-state index in [2.05, 4.69) is 26.3 Å². The average Bonchev–Trinajstić information content (AvgIpc) is 2.63. The summed E-state index contributed by atoms with van der Waals surface area (Å²) in [4.78, 5) is 24.8. The van der Waals surface area contributed by atoms with Gasteiger partial charge in [-0.25, -0.2) is 0 Å². The van der Waals surface area contributed by atoms with Gasteiger partial charge in [0.2, 0.25) is 0 Å². The van der Waals surface area contributed by atoms with Crippen LogP contribution in [0, 0.1) is 0 Å². The maximum absolute atomic E-state index is 12.5. The summed E-state index contributed by atoms with van der Waals surface area (Å²) in [5, 5.41) is 16.7. The lowest BCUT2D eigenvalue weighted by molar-refractivity contribution is 0.101. The molecule has 3 rings (SSSR count). The molecule has 2 aromatic carbocycles. The lowest BCUT2D eigenvalue weighted by Crippen LogP contribution is -2.25. The molecular formula is C18H14BrN3O4. The molecule has 1 amide bonds. The highest BCUT2D eigenvalue weighted by Crippen LogP contribution is 2.24. The minimum atomic E-state index is -0.655. The van der Waals surface area contributed by atoms with E-state index in [1.165, 1.54) is 7.11 Å². The molecule has 26 heavy (non-hydrogen) atoms. The van der Waals surface area contributed by atoms with Crippen LogP contribution in [0.4, 0.5) is 5.69 Å². The summed E-state index contributed by atoms with van der Waals surface area (Å²) in [7, 11) is 1.46. The van der Waals surface area contributed by atoms with Crippen molar-refractivity contribution in [3.63, 3.8) is 0 Å². The van der Waals surface area contributed by atoms with Gasteiger partial charge in [0.15, 0.2) is 11.4 Å². The molecule has 0 aliphatic rings. The lowest BCUT2D eigenvalue weighted by Gasteiger charge is -2.12. The molecule has 2 N–H and O–H groups in total. The van der Waals surface area contributed by atoms with Gasteiger partial charge in [-0.3, -0.25) is 9.59 Å². The minimum Gasteiger partial charge on any atom is -0.505 e. The number of rotatable bonds is 4. The zero-order chi connectivity index (χ0) is 18.7. The molecule has 132 valence electrons. The number of amides is 1. The molecule has 0 saturated carbocycles. The van der Waals surface area contributed by atoms with Crippen LogP contribution in [-0.4, -0.2) is 27.9 Å². The van der Waals surface area contributed by atoms with Crippen LogP contribution in [-0.2, 0) is 0 Å². The van der Waals surface area contributed by atoms with E-state index < -0.39 is 17.2 Å². The highest BCUT2D eigenvalue weighted by Gasteiger charge is 2.19. The fourth-order valence-electron chi connectivity index (χ4n) is 2.33. The number of aromatic nitrogens is 2. The lowest BCUT2D eigenvalue weighted by atomic mass is 10.2. The zero-order valence-corrected chi connectivity index (χ0v) is 15.2. The van der Waals surface area contributed by atoms with Gasteiger partial charge in [0.05, 0.1) is 12.8 Å². The average molecular weight is 416 g/mol. The highest BCUT2D eigenvalue weighted by molar-refractivity contribution is 9.10. The first-order valence-electron chi connectivity index (χ1n) is 7.54. The molecule has 3 aromatic rings. The number of hydrogen-bond donors (Lipinski definition) is 2. The number of carbonyl (C=O) groups is 1. The Bertz CT molecular complexity index is 1030. The quantitative estimate of drug-likeness (QED) is 0.682. The summed E-state index contributed by atoms with van der Waals surface area (Å²) in [6.07, 6.45) is 0. The number of carbonyl (C=O) groups excluding carboxylic acids is 1. The summed E-state index contributed by atoms with van der Waals surface area (Å²) < 4.78 is 6.91. The predicted octanol–water partition coefficient (Wildman–Crippen LogP) is 2.96. The number of aromatic hydroxyl groups is 1.